The van der Waals surface area contributed by atoms with Crippen LogP contribution in [-0.2, 0) is 12.8 Å². The van der Waals surface area contributed by atoms with E-state index in [1.54, 1.807) is 0 Å². The number of nitrogens with one attached hydrogen (secondary N) is 1. The van der Waals surface area contributed by atoms with E-state index in [9.17, 15) is 5.11 Å². The van der Waals surface area contributed by atoms with E-state index in [4.69, 9.17) is 0 Å². The number of fused-ring (bicyclic) bond motifs is 3. The van der Waals surface area contributed by atoms with Crippen molar-refractivity contribution in [2.45, 2.75) is 57.8 Å². The molecule has 168 valence electrons. The molecule has 4 rings (SSSR count). The van der Waals surface area contributed by atoms with Gasteiger partial charge in [0.1, 0.15) is 5.75 Å². The van der Waals surface area contributed by atoms with Crippen molar-refractivity contribution in [1.29, 1.82) is 0 Å². The molecule has 2 nitrogen and oxygen atoms in total. The molecule has 0 saturated carbocycles. The van der Waals surface area contributed by atoms with Gasteiger partial charge in [-0.15, -0.1) is 0 Å². The standard InChI is InChI=1S/C30H37NO/c1-21(10-9-19-31-3)17-18-23-12-8-16-28(30(23)32)29-20-24-11-4-5-14-26(24)27-15-7-6-13-25(27)22(29)2/h4-8,11-16,21-22,29,31-32H,9-10,17-20H2,1-3H3. The maximum atomic E-state index is 11.4. The maximum Gasteiger partial charge on any atom is 0.122 e. The monoisotopic (exact) mass is 427 g/mol. The molecule has 2 N–H and O–H groups in total. The summed E-state index contributed by atoms with van der Waals surface area (Å²) in [5.41, 5.74) is 7.63. The van der Waals surface area contributed by atoms with Crippen molar-refractivity contribution in [1.82, 2.24) is 5.32 Å². The van der Waals surface area contributed by atoms with Crippen LogP contribution in [0.15, 0.2) is 66.7 Å². The van der Waals surface area contributed by atoms with Crippen molar-refractivity contribution in [2.24, 2.45) is 5.92 Å². The third kappa shape index (κ3) is 4.76. The fraction of sp³-hybridized carbons (Fsp3) is 0.400. The molecule has 0 heterocycles. The Morgan fingerprint density at radius 2 is 1.62 bits per heavy atom. The zero-order valence-electron chi connectivity index (χ0n) is 19.8. The van der Waals surface area contributed by atoms with Gasteiger partial charge in [0.2, 0.25) is 0 Å². The summed E-state index contributed by atoms with van der Waals surface area (Å²) in [6, 6.07) is 24.0. The van der Waals surface area contributed by atoms with Crippen molar-refractivity contribution in [2.75, 3.05) is 13.6 Å². The second-order valence-electron chi connectivity index (χ2n) is 9.59. The zero-order chi connectivity index (χ0) is 22.5. The molecule has 1 aliphatic carbocycles. The highest BCUT2D eigenvalue weighted by Gasteiger charge is 2.30. The van der Waals surface area contributed by atoms with Crippen LogP contribution in [0.1, 0.15) is 67.2 Å². The highest BCUT2D eigenvalue weighted by atomic mass is 16.3. The minimum absolute atomic E-state index is 0.257. The smallest absolute Gasteiger partial charge is 0.122 e. The highest BCUT2D eigenvalue weighted by Crippen LogP contribution is 2.47. The van der Waals surface area contributed by atoms with Crippen molar-refractivity contribution in [3.8, 4) is 16.9 Å². The molecule has 0 aliphatic heterocycles. The van der Waals surface area contributed by atoms with E-state index in [0.717, 1.165) is 36.9 Å². The highest BCUT2D eigenvalue weighted by molar-refractivity contribution is 5.73. The zero-order valence-corrected chi connectivity index (χ0v) is 19.8. The third-order valence-electron chi connectivity index (χ3n) is 7.38. The van der Waals surface area contributed by atoms with E-state index in [1.807, 2.05) is 7.05 Å². The average Bonchev–Trinajstić information content (AvgIpc) is 2.94. The minimum atomic E-state index is 0.257. The van der Waals surface area contributed by atoms with E-state index >= 15 is 0 Å². The predicted octanol–water partition coefficient (Wildman–Crippen LogP) is 7.07. The number of hydrogen-bond acceptors (Lipinski definition) is 2. The summed E-state index contributed by atoms with van der Waals surface area (Å²) in [4.78, 5) is 0. The Balaban J connectivity index is 1.62. The number of para-hydroxylation sites is 1. The molecule has 0 fully saturated rings. The van der Waals surface area contributed by atoms with E-state index in [2.05, 4.69) is 85.9 Å². The van der Waals surface area contributed by atoms with Crippen molar-refractivity contribution >= 4 is 0 Å². The lowest BCUT2D eigenvalue weighted by atomic mass is 9.79. The summed E-state index contributed by atoms with van der Waals surface area (Å²) in [6.45, 7) is 5.73. The Kier molecular flexibility index (Phi) is 7.32. The fourth-order valence-electron chi connectivity index (χ4n) is 5.40. The Bertz CT molecular complexity index is 1040. The van der Waals surface area contributed by atoms with Gasteiger partial charge in [-0.05, 0) is 96.8 Å². The molecule has 0 amide bonds. The molecule has 0 aromatic heterocycles. The lowest BCUT2D eigenvalue weighted by Crippen LogP contribution is -2.11. The van der Waals surface area contributed by atoms with Gasteiger partial charge in [0.25, 0.3) is 0 Å². The summed E-state index contributed by atoms with van der Waals surface area (Å²) in [6.07, 6.45) is 5.45. The van der Waals surface area contributed by atoms with Crippen LogP contribution in [-0.4, -0.2) is 18.7 Å². The van der Waals surface area contributed by atoms with Crippen LogP contribution in [0.4, 0.5) is 0 Å². The Morgan fingerprint density at radius 3 is 2.44 bits per heavy atom. The van der Waals surface area contributed by atoms with Crippen LogP contribution in [0, 0.1) is 5.92 Å². The number of hydrogen-bond donors (Lipinski definition) is 2. The van der Waals surface area contributed by atoms with Crippen LogP contribution in [0.25, 0.3) is 11.1 Å². The first kappa shape index (κ1) is 22.6. The van der Waals surface area contributed by atoms with Gasteiger partial charge in [-0.3, -0.25) is 0 Å². The number of phenols is 1. The summed E-state index contributed by atoms with van der Waals surface area (Å²) in [5.74, 6) is 1.78. The van der Waals surface area contributed by atoms with Gasteiger partial charge in [-0.25, -0.2) is 0 Å². The number of aryl methyl sites for hydroxylation is 1. The van der Waals surface area contributed by atoms with Crippen molar-refractivity contribution in [3.05, 3.63) is 89.0 Å². The van der Waals surface area contributed by atoms with Gasteiger partial charge < -0.3 is 10.4 Å². The van der Waals surface area contributed by atoms with E-state index in [1.165, 1.54) is 35.1 Å². The molecular formula is C30H37NO. The molecule has 32 heavy (non-hydrogen) atoms. The third-order valence-corrected chi connectivity index (χ3v) is 7.38. The van der Waals surface area contributed by atoms with Gasteiger partial charge in [0.05, 0.1) is 0 Å². The lowest BCUT2D eigenvalue weighted by Gasteiger charge is -2.25. The SMILES string of the molecule is CNCCCC(C)CCc1cccc(C2Cc3ccccc3-c3ccccc3C2C)c1O. The second kappa shape index (κ2) is 10.4. The van der Waals surface area contributed by atoms with Gasteiger partial charge in [-0.2, -0.15) is 0 Å². The largest absolute Gasteiger partial charge is 0.507 e. The second-order valence-corrected chi connectivity index (χ2v) is 9.59. The minimum Gasteiger partial charge on any atom is -0.507 e. The molecule has 0 bridgehead atoms. The van der Waals surface area contributed by atoms with Crippen molar-refractivity contribution in [3.63, 3.8) is 0 Å². The summed E-state index contributed by atoms with van der Waals surface area (Å²) < 4.78 is 0. The Labute approximate surface area is 193 Å². The van der Waals surface area contributed by atoms with Crippen LogP contribution in [0.3, 0.4) is 0 Å². The van der Waals surface area contributed by atoms with Crippen LogP contribution >= 0.6 is 0 Å². The molecule has 0 radical (unpaired) electrons. The Hall–Kier alpha value is -2.58. The van der Waals surface area contributed by atoms with Crippen molar-refractivity contribution < 1.29 is 5.11 Å². The number of phenolic OH excluding ortho intramolecular Hbond substituents is 1. The van der Waals surface area contributed by atoms with Gasteiger partial charge in [-0.1, -0.05) is 80.6 Å². The quantitative estimate of drug-likeness (QED) is 0.377. The molecule has 3 aromatic rings. The Morgan fingerprint density at radius 1 is 0.906 bits per heavy atom. The van der Waals surface area contributed by atoms with Crippen LogP contribution < -0.4 is 5.32 Å². The number of rotatable bonds is 8. The molecule has 1 aliphatic rings. The number of aromatic hydroxyl groups is 1. The molecule has 0 saturated heterocycles. The van der Waals surface area contributed by atoms with Gasteiger partial charge in [0, 0.05) is 0 Å². The molecule has 2 heteroatoms. The molecule has 0 spiro atoms. The average molecular weight is 428 g/mol. The van der Waals surface area contributed by atoms with Gasteiger partial charge >= 0.3 is 0 Å². The number of benzene rings is 3. The van der Waals surface area contributed by atoms with E-state index in [-0.39, 0.29) is 5.92 Å². The van der Waals surface area contributed by atoms with Gasteiger partial charge in [0.15, 0.2) is 0 Å². The summed E-state index contributed by atoms with van der Waals surface area (Å²) in [5, 5.41) is 14.6. The topological polar surface area (TPSA) is 32.3 Å². The molecular weight excluding hydrogens is 390 g/mol. The first-order chi connectivity index (χ1) is 15.6. The lowest BCUT2D eigenvalue weighted by molar-refractivity contribution is 0.433. The molecule has 3 atom stereocenters. The predicted molar refractivity (Wildman–Crippen MR) is 135 cm³/mol. The van der Waals surface area contributed by atoms with Crippen LogP contribution in [0.5, 0.6) is 5.75 Å². The fourth-order valence-corrected chi connectivity index (χ4v) is 5.40. The first-order valence-corrected chi connectivity index (χ1v) is 12.2. The summed E-state index contributed by atoms with van der Waals surface area (Å²) >= 11 is 0. The molecule has 3 aromatic carbocycles. The summed E-state index contributed by atoms with van der Waals surface area (Å²) in [7, 11) is 2.01. The van der Waals surface area contributed by atoms with Crippen LogP contribution in [0.2, 0.25) is 0 Å². The van der Waals surface area contributed by atoms with E-state index < -0.39 is 0 Å². The normalized spacial score (nSPS) is 18.5. The first-order valence-electron chi connectivity index (χ1n) is 12.2. The molecule has 3 unspecified atom stereocenters. The van der Waals surface area contributed by atoms with E-state index in [0.29, 0.717) is 17.6 Å². The maximum absolute atomic E-state index is 11.4.